The Balaban J connectivity index is 2.07. The van der Waals surface area contributed by atoms with Gasteiger partial charge in [-0.1, -0.05) is 0 Å². The van der Waals surface area contributed by atoms with Gasteiger partial charge in [0.1, 0.15) is 0 Å². The van der Waals surface area contributed by atoms with E-state index in [-0.39, 0.29) is 5.91 Å². The predicted molar refractivity (Wildman–Crippen MR) is 71.5 cm³/mol. The summed E-state index contributed by atoms with van der Waals surface area (Å²) in [7, 11) is 2.03. The van der Waals surface area contributed by atoms with Gasteiger partial charge < -0.3 is 10.2 Å². The van der Waals surface area contributed by atoms with Gasteiger partial charge in [-0.05, 0) is 36.6 Å². The van der Waals surface area contributed by atoms with E-state index in [0.29, 0.717) is 12.8 Å². The van der Waals surface area contributed by atoms with Crippen LogP contribution >= 0.6 is 0 Å². The number of amides is 1. The molecule has 0 fully saturated rings. The molecule has 1 aromatic rings. The molecule has 2 rings (SSSR count). The maximum Gasteiger partial charge on any atom is 0.224 e. The SMILES string of the molecule is CN(CCCC#N)c1ccc2c(c1)CCC(=O)N2. The van der Waals surface area contributed by atoms with Crippen LogP contribution in [-0.2, 0) is 11.2 Å². The zero-order valence-corrected chi connectivity index (χ0v) is 10.6. The summed E-state index contributed by atoms with van der Waals surface area (Å²) in [6.45, 7) is 0.874. The van der Waals surface area contributed by atoms with Gasteiger partial charge in [0.15, 0.2) is 0 Å². The molecule has 0 spiro atoms. The van der Waals surface area contributed by atoms with Crippen molar-refractivity contribution >= 4 is 17.3 Å². The maximum atomic E-state index is 11.3. The standard InChI is InChI=1S/C14H17N3O/c1-17(9-3-2-8-15)12-5-6-13-11(10-12)4-7-14(18)16-13/h5-6,10H,2-4,7,9H2,1H3,(H,16,18). The van der Waals surface area contributed by atoms with Crippen molar-refractivity contribution in [3.63, 3.8) is 0 Å². The van der Waals surface area contributed by atoms with Gasteiger partial charge in [-0.25, -0.2) is 0 Å². The lowest BCUT2D eigenvalue weighted by atomic mass is 10.0. The minimum atomic E-state index is 0.0950. The number of aryl methyl sites for hydroxylation is 1. The van der Waals surface area contributed by atoms with E-state index in [1.165, 1.54) is 5.56 Å². The van der Waals surface area contributed by atoms with Crippen LogP contribution in [0.1, 0.15) is 24.8 Å². The molecule has 1 N–H and O–H groups in total. The summed E-state index contributed by atoms with van der Waals surface area (Å²) < 4.78 is 0. The molecule has 1 aliphatic rings. The molecule has 0 atom stereocenters. The molecule has 4 heteroatoms. The van der Waals surface area contributed by atoms with Crippen molar-refractivity contribution in [3.8, 4) is 6.07 Å². The fourth-order valence-electron chi connectivity index (χ4n) is 2.13. The number of hydrogen-bond donors (Lipinski definition) is 1. The van der Waals surface area contributed by atoms with Crippen molar-refractivity contribution in [1.82, 2.24) is 0 Å². The van der Waals surface area contributed by atoms with Crippen LogP contribution < -0.4 is 10.2 Å². The number of carbonyl (C=O) groups excluding carboxylic acids is 1. The maximum absolute atomic E-state index is 11.3. The topological polar surface area (TPSA) is 56.1 Å². The van der Waals surface area contributed by atoms with Gasteiger partial charge in [0.25, 0.3) is 0 Å². The first-order chi connectivity index (χ1) is 8.70. The Morgan fingerprint density at radius 2 is 2.28 bits per heavy atom. The number of nitrogens with one attached hydrogen (secondary N) is 1. The van der Waals surface area contributed by atoms with Gasteiger partial charge in [0, 0.05) is 37.8 Å². The summed E-state index contributed by atoms with van der Waals surface area (Å²) in [4.78, 5) is 13.4. The zero-order valence-electron chi connectivity index (χ0n) is 10.6. The molecule has 0 unspecified atom stereocenters. The lowest BCUT2D eigenvalue weighted by Gasteiger charge is -2.23. The van der Waals surface area contributed by atoms with E-state index in [4.69, 9.17) is 5.26 Å². The van der Waals surface area contributed by atoms with Crippen molar-refractivity contribution in [2.75, 3.05) is 23.8 Å². The Morgan fingerprint density at radius 1 is 1.44 bits per heavy atom. The number of hydrogen-bond acceptors (Lipinski definition) is 3. The highest BCUT2D eigenvalue weighted by molar-refractivity contribution is 5.94. The van der Waals surface area contributed by atoms with Crippen molar-refractivity contribution < 1.29 is 4.79 Å². The van der Waals surface area contributed by atoms with Crippen LogP contribution in [0.15, 0.2) is 18.2 Å². The van der Waals surface area contributed by atoms with Crippen LogP contribution in [0.4, 0.5) is 11.4 Å². The highest BCUT2D eigenvalue weighted by atomic mass is 16.1. The minimum absolute atomic E-state index is 0.0950. The molecule has 1 aliphatic heterocycles. The Hall–Kier alpha value is -2.02. The second-order valence-corrected chi connectivity index (χ2v) is 4.57. The fourth-order valence-corrected chi connectivity index (χ4v) is 2.13. The molecular weight excluding hydrogens is 226 g/mol. The van der Waals surface area contributed by atoms with Crippen molar-refractivity contribution in [3.05, 3.63) is 23.8 Å². The zero-order chi connectivity index (χ0) is 13.0. The first-order valence-corrected chi connectivity index (χ1v) is 6.21. The predicted octanol–water partition coefficient (Wildman–Crippen LogP) is 2.31. The molecule has 0 aromatic heterocycles. The smallest absolute Gasteiger partial charge is 0.224 e. The number of nitriles is 1. The van der Waals surface area contributed by atoms with Gasteiger partial charge in [-0.2, -0.15) is 5.26 Å². The van der Waals surface area contributed by atoms with E-state index in [9.17, 15) is 4.79 Å². The largest absolute Gasteiger partial charge is 0.375 e. The van der Waals surface area contributed by atoms with E-state index in [0.717, 1.165) is 30.8 Å². The summed E-state index contributed by atoms with van der Waals surface area (Å²) >= 11 is 0. The van der Waals surface area contributed by atoms with E-state index < -0.39 is 0 Å². The molecule has 94 valence electrons. The van der Waals surface area contributed by atoms with Gasteiger partial charge in [0.05, 0.1) is 6.07 Å². The number of benzene rings is 1. The summed E-state index contributed by atoms with van der Waals surface area (Å²) in [5.41, 5.74) is 3.27. The van der Waals surface area contributed by atoms with Crippen LogP contribution in [0.5, 0.6) is 0 Å². The summed E-state index contributed by atoms with van der Waals surface area (Å²) in [6, 6.07) is 8.25. The molecule has 0 aliphatic carbocycles. The third kappa shape index (κ3) is 2.80. The quantitative estimate of drug-likeness (QED) is 0.826. The van der Waals surface area contributed by atoms with Crippen molar-refractivity contribution in [2.24, 2.45) is 0 Å². The minimum Gasteiger partial charge on any atom is -0.375 e. The third-order valence-corrected chi connectivity index (χ3v) is 3.21. The van der Waals surface area contributed by atoms with Crippen LogP contribution in [0.3, 0.4) is 0 Å². The van der Waals surface area contributed by atoms with Crippen LogP contribution in [0, 0.1) is 11.3 Å². The van der Waals surface area contributed by atoms with Gasteiger partial charge in [0.2, 0.25) is 5.91 Å². The number of rotatable bonds is 4. The lowest BCUT2D eigenvalue weighted by molar-refractivity contribution is -0.116. The number of fused-ring (bicyclic) bond motifs is 1. The highest BCUT2D eigenvalue weighted by Crippen LogP contribution is 2.27. The first kappa shape index (κ1) is 12.4. The number of nitrogens with zero attached hydrogens (tertiary/aromatic N) is 2. The Morgan fingerprint density at radius 3 is 3.06 bits per heavy atom. The van der Waals surface area contributed by atoms with Crippen LogP contribution in [-0.4, -0.2) is 19.5 Å². The second-order valence-electron chi connectivity index (χ2n) is 4.57. The fraction of sp³-hybridized carbons (Fsp3) is 0.429. The number of carbonyl (C=O) groups is 1. The van der Waals surface area contributed by atoms with Crippen LogP contribution in [0.25, 0.3) is 0 Å². The molecule has 0 bridgehead atoms. The second kappa shape index (κ2) is 5.54. The Labute approximate surface area is 107 Å². The lowest BCUT2D eigenvalue weighted by Crippen LogP contribution is -2.21. The monoisotopic (exact) mass is 243 g/mol. The highest BCUT2D eigenvalue weighted by Gasteiger charge is 2.15. The normalized spacial score (nSPS) is 13.4. The van der Waals surface area contributed by atoms with Crippen LogP contribution in [0.2, 0.25) is 0 Å². The first-order valence-electron chi connectivity index (χ1n) is 6.21. The summed E-state index contributed by atoms with van der Waals surface area (Å²) in [6.07, 6.45) is 2.84. The Kier molecular flexibility index (Phi) is 3.83. The molecule has 1 heterocycles. The van der Waals surface area contributed by atoms with Gasteiger partial charge in [-0.3, -0.25) is 4.79 Å². The summed E-state index contributed by atoms with van der Waals surface area (Å²) in [5, 5.41) is 11.4. The third-order valence-electron chi connectivity index (χ3n) is 3.21. The number of unbranched alkanes of at least 4 members (excludes halogenated alkanes) is 1. The average Bonchev–Trinajstić information content (AvgIpc) is 2.38. The van der Waals surface area contributed by atoms with Crippen molar-refractivity contribution in [1.29, 1.82) is 5.26 Å². The Bertz CT molecular complexity index is 490. The molecule has 0 saturated heterocycles. The van der Waals surface area contributed by atoms with Gasteiger partial charge >= 0.3 is 0 Å². The average molecular weight is 243 g/mol. The van der Waals surface area contributed by atoms with Gasteiger partial charge in [-0.15, -0.1) is 0 Å². The molecule has 0 radical (unpaired) electrons. The summed E-state index contributed by atoms with van der Waals surface area (Å²) in [5.74, 6) is 0.0950. The molecular formula is C14H17N3O. The molecule has 18 heavy (non-hydrogen) atoms. The number of anilines is 2. The molecule has 0 saturated carbocycles. The molecule has 1 amide bonds. The van der Waals surface area contributed by atoms with E-state index in [1.54, 1.807) is 0 Å². The molecule has 4 nitrogen and oxygen atoms in total. The van der Waals surface area contributed by atoms with E-state index in [1.807, 2.05) is 19.2 Å². The van der Waals surface area contributed by atoms with E-state index in [2.05, 4.69) is 22.4 Å². The van der Waals surface area contributed by atoms with Crippen molar-refractivity contribution in [2.45, 2.75) is 25.7 Å². The molecule has 1 aromatic carbocycles. The van der Waals surface area contributed by atoms with E-state index >= 15 is 0 Å².